The molecule has 6 nitrogen and oxygen atoms in total. The lowest BCUT2D eigenvalue weighted by atomic mass is 9.84. The van der Waals surface area contributed by atoms with E-state index in [-0.39, 0.29) is 35.3 Å². The number of rotatable bonds is 4. The molecule has 2 N–H and O–H groups in total. The molecule has 0 saturated heterocycles. The number of fused-ring (bicyclic) bond motifs is 1. The van der Waals surface area contributed by atoms with Crippen LogP contribution in [0.15, 0.2) is 18.2 Å². The SMILES string of the molecule is O=C(O)c1ccc2c(c1)CN(C(=O)C1CCC(NC(=O)C3CCCC3)CC1)CC2. The van der Waals surface area contributed by atoms with E-state index in [0.29, 0.717) is 13.1 Å². The minimum absolute atomic E-state index is 0.0128. The van der Waals surface area contributed by atoms with E-state index >= 15 is 0 Å². The van der Waals surface area contributed by atoms with Crippen LogP contribution in [-0.2, 0) is 22.6 Å². The fraction of sp³-hybridized carbons (Fsp3) is 0.609. The molecule has 1 aromatic carbocycles. The lowest BCUT2D eigenvalue weighted by Gasteiger charge is -2.35. The normalized spacial score (nSPS) is 24.8. The molecule has 2 saturated carbocycles. The fourth-order valence-corrected chi connectivity index (χ4v) is 5.13. The van der Waals surface area contributed by atoms with Crippen LogP contribution in [0, 0.1) is 11.8 Å². The van der Waals surface area contributed by atoms with Gasteiger partial charge < -0.3 is 15.3 Å². The molecule has 2 fully saturated rings. The average Bonchev–Trinajstić information content (AvgIpc) is 3.28. The van der Waals surface area contributed by atoms with E-state index in [1.165, 1.54) is 0 Å². The van der Waals surface area contributed by atoms with Gasteiger partial charge in [-0.1, -0.05) is 18.9 Å². The number of carbonyl (C=O) groups excluding carboxylic acids is 2. The van der Waals surface area contributed by atoms with E-state index in [2.05, 4.69) is 5.32 Å². The number of hydrogen-bond donors (Lipinski definition) is 2. The van der Waals surface area contributed by atoms with Gasteiger partial charge in [-0.3, -0.25) is 9.59 Å². The Bertz CT molecular complexity index is 792. The Morgan fingerprint density at radius 1 is 0.931 bits per heavy atom. The quantitative estimate of drug-likeness (QED) is 0.816. The van der Waals surface area contributed by atoms with Crippen LogP contribution in [0.5, 0.6) is 0 Å². The Morgan fingerprint density at radius 3 is 2.34 bits per heavy atom. The van der Waals surface area contributed by atoms with Crippen LogP contribution in [0.3, 0.4) is 0 Å². The van der Waals surface area contributed by atoms with Gasteiger partial charge in [-0.15, -0.1) is 0 Å². The zero-order valence-corrected chi connectivity index (χ0v) is 16.9. The second-order valence-corrected chi connectivity index (χ2v) is 8.84. The minimum atomic E-state index is -0.936. The summed E-state index contributed by atoms with van der Waals surface area (Å²) in [6, 6.07) is 5.41. The molecule has 0 radical (unpaired) electrons. The van der Waals surface area contributed by atoms with Crippen molar-refractivity contribution >= 4 is 17.8 Å². The highest BCUT2D eigenvalue weighted by molar-refractivity contribution is 5.88. The second kappa shape index (κ2) is 8.56. The second-order valence-electron chi connectivity index (χ2n) is 8.84. The van der Waals surface area contributed by atoms with Crippen LogP contribution in [0.4, 0.5) is 0 Å². The third-order valence-electron chi connectivity index (χ3n) is 6.93. The highest BCUT2D eigenvalue weighted by atomic mass is 16.4. The van der Waals surface area contributed by atoms with Crippen molar-refractivity contribution in [3.63, 3.8) is 0 Å². The molecule has 1 heterocycles. The van der Waals surface area contributed by atoms with Gasteiger partial charge >= 0.3 is 5.97 Å². The van der Waals surface area contributed by atoms with Gasteiger partial charge in [0.15, 0.2) is 0 Å². The van der Waals surface area contributed by atoms with E-state index < -0.39 is 5.97 Å². The first-order valence-corrected chi connectivity index (χ1v) is 11.0. The van der Waals surface area contributed by atoms with E-state index in [0.717, 1.165) is 68.9 Å². The van der Waals surface area contributed by atoms with Gasteiger partial charge in [0.25, 0.3) is 0 Å². The van der Waals surface area contributed by atoms with Gasteiger partial charge in [0.05, 0.1) is 5.56 Å². The molecule has 0 unspecified atom stereocenters. The number of benzene rings is 1. The van der Waals surface area contributed by atoms with Gasteiger partial charge in [0.2, 0.25) is 11.8 Å². The van der Waals surface area contributed by atoms with Crippen molar-refractivity contribution in [2.45, 2.75) is 70.4 Å². The van der Waals surface area contributed by atoms with Crippen molar-refractivity contribution in [2.75, 3.05) is 6.54 Å². The summed E-state index contributed by atoms with van der Waals surface area (Å²) >= 11 is 0. The van der Waals surface area contributed by atoms with E-state index in [1.807, 2.05) is 11.0 Å². The predicted octanol–water partition coefficient (Wildman–Crippen LogP) is 3.13. The topological polar surface area (TPSA) is 86.7 Å². The van der Waals surface area contributed by atoms with Crippen LogP contribution in [-0.4, -0.2) is 40.4 Å². The summed E-state index contributed by atoms with van der Waals surface area (Å²) in [4.78, 5) is 38.5. The first-order chi connectivity index (χ1) is 14.0. The smallest absolute Gasteiger partial charge is 0.335 e. The number of aromatic carboxylic acids is 1. The first kappa shape index (κ1) is 19.9. The maximum atomic E-state index is 13.0. The van der Waals surface area contributed by atoms with Crippen LogP contribution in [0.2, 0.25) is 0 Å². The van der Waals surface area contributed by atoms with Gasteiger partial charge in [0.1, 0.15) is 0 Å². The van der Waals surface area contributed by atoms with Crippen molar-refractivity contribution < 1.29 is 19.5 Å². The number of nitrogens with zero attached hydrogens (tertiary/aromatic N) is 1. The molecule has 0 spiro atoms. The van der Waals surface area contributed by atoms with Crippen LogP contribution >= 0.6 is 0 Å². The van der Waals surface area contributed by atoms with Crippen molar-refractivity contribution in [3.05, 3.63) is 34.9 Å². The highest BCUT2D eigenvalue weighted by Gasteiger charge is 2.32. The number of carbonyl (C=O) groups is 3. The summed E-state index contributed by atoms with van der Waals surface area (Å²) in [5, 5.41) is 12.4. The summed E-state index contributed by atoms with van der Waals surface area (Å²) in [5.41, 5.74) is 2.36. The number of hydrogen-bond acceptors (Lipinski definition) is 3. The lowest BCUT2D eigenvalue weighted by molar-refractivity contribution is -0.137. The van der Waals surface area contributed by atoms with Crippen LogP contribution in [0.1, 0.15) is 72.9 Å². The maximum absolute atomic E-state index is 13.0. The standard InChI is InChI=1S/C23H30N2O4/c26-21(16-3-1-2-4-16)24-20-9-7-17(8-10-20)22(27)25-12-11-15-5-6-18(23(28)29)13-19(15)14-25/h5-6,13,16-17,20H,1-4,7-12,14H2,(H,24,26)(H,28,29). The molecular weight excluding hydrogens is 368 g/mol. The van der Waals surface area contributed by atoms with Gasteiger partial charge in [-0.05, 0) is 68.2 Å². The van der Waals surface area contributed by atoms with E-state index in [4.69, 9.17) is 0 Å². The highest BCUT2D eigenvalue weighted by Crippen LogP contribution is 2.30. The van der Waals surface area contributed by atoms with Crippen LogP contribution < -0.4 is 5.32 Å². The zero-order chi connectivity index (χ0) is 20.4. The molecule has 1 aromatic rings. The third-order valence-corrected chi connectivity index (χ3v) is 6.93. The Morgan fingerprint density at radius 2 is 1.66 bits per heavy atom. The van der Waals surface area contributed by atoms with Gasteiger partial charge in [0, 0.05) is 31.0 Å². The molecule has 0 aromatic heterocycles. The monoisotopic (exact) mass is 398 g/mol. The summed E-state index contributed by atoms with van der Waals surface area (Å²) in [6.07, 6.45) is 8.47. The van der Waals surface area contributed by atoms with E-state index in [9.17, 15) is 19.5 Å². The Labute approximate surface area is 171 Å². The molecule has 2 amide bonds. The predicted molar refractivity (Wildman–Crippen MR) is 108 cm³/mol. The largest absolute Gasteiger partial charge is 0.478 e. The minimum Gasteiger partial charge on any atom is -0.478 e. The molecular formula is C23H30N2O4. The van der Waals surface area contributed by atoms with Crippen LogP contribution in [0.25, 0.3) is 0 Å². The fourth-order valence-electron chi connectivity index (χ4n) is 5.13. The Hall–Kier alpha value is -2.37. The first-order valence-electron chi connectivity index (χ1n) is 11.0. The summed E-state index contributed by atoms with van der Waals surface area (Å²) < 4.78 is 0. The molecule has 29 heavy (non-hydrogen) atoms. The summed E-state index contributed by atoms with van der Waals surface area (Å²) in [6.45, 7) is 1.18. The van der Waals surface area contributed by atoms with Gasteiger partial charge in [-0.25, -0.2) is 4.79 Å². The Balaban J connectivity index is 1.30. The molecule has 2 aliphatic carbocycles. The van der Waals surface area contributed by atoms with Crippen molar-refractivity contribution in [1.29, 1.82) is 0 Å². The molecule has 156 valence electrons. The van der Waals surface area contributed by atoms with Crippen molar-refractivity contribution in [3.8, 4) is 0 Å². The molecule has 6 heteroatoms. The number of amides is 2. The molecule has 0 atom stereocenters. The molecule has 0 bridgehead atoms. The molecule has 1 aliphatic heterocycles. The summed E-state index contributed by atoms with van der Waals surface area (Å²) in [5.74, 6) is -0.345. The van der Waals surface area contributed by atoms with Gasteiger partial charge in [-0.2, -0.15) is 0 Å². The lowest BCUT2D eigenvalue weighted by Crippen LogP contribution is -2.44. The maximum Gasteiger partial charge on any atom is 0.335 e. The number of nitrogens with one attached hydrogen (secondary N) is 1. The zero-order valence-electron chi connectivity index (χ0n) is 16.9. The average molecular weight is 399 g/mol. The summed E-state index contributed by atoms with van der Waals surface area (Å²) in [7, 11) is 0. The van der Waals surface area contributed by atoms with Crippen molar-refractivity contribution in [1.82, 2.24) is 10.2 Å². The Kier molecular flexibility index (Phi) is 5.88. The van der Waals surface area contributed by atoms with E-state index in [1.54, 1.807) is 12.1 Å². The number of carboxylic acid groups (broad SMARTS) is 1. The van der Waals surface area contributed by atoms with Crippen molar-refractivity contribution in [2.24, 2.45) is 11.8 Å². The third kappa shape index (κ3) is 4.46. The molecule has 4 rings (SSSR count). The number of carboxylic acids is 1. The molecule has 3 aliphatic rings.